The molecular weight excluding hydrogens is 319 g/mol. The van der Waals surface area contributed by atoms with Gasteiger partial charge in [-0.2, -0.15) is 0 Å². The molecule has 1 unspecified atom stereocenters. The van der Waals surface area contributed by atoms with Crippen LogP contribution in [0.4, 0.5) is 0 Å². The van der Waals surface area contributed by atoms with E-state index in [0.29, 0.717) is 27.2 Å². The zero-order chi connectivity index (χ0) is 14.5. The van der Waals surface area contributed by atoms with Crippen molar-refractivity contribution in [3.05, 3.63) is 63.1 Å². The zero-order valence-corrected chi connectivity index (χ0v) is 12.8. The second kappa shape index (κ2) is 7.19. The summed E-state index contributed by atoms with van der Waals surface area (Å²) in [6.45, 7) is 0.171. The Morgan fingerprint density at radius 1 is 1.00 bits per heavy atom. The van der Waals surface area contributed by atoms with Gasteiger partial charge in [-0.15, -0.1) is 0 Å². The van der Waals surface area contributed by atoms with Crippen molar-refractivity contribution in [1.29, 1.82) is 0 Å². The normalized spacial score (nSPS) is 12.2. The molecule has 0 aliphatic rings. The fraction of sp³-hybridized carbons (Fsp3) is 0.200. The summed E-state index contributed by atoms with van der Waals surface area (Å²) in [7, 11) is 0. The van der Waals surface area contributed by atoms with E-state index in [1.807, 2.05) is 6.07 Å². The Kier molecular flexibility index (Phi) is 5.55. The molecular formula is C15H13Cl3O2. The number of halogens is 3. The third-order valence-electron chi connectivity index (χ3n) is 2.74. The molecule has 0 heterocycles. The van der Waals surface area contributed by atoms with Crippen molar-refractivity contribution in [3.63, 3.8) is 0 Å². The van der Waals surface area contributed by atoms with Gasteiger partial charge < -0.3 is 9.84 Å². The number of ether oxygens (including phenoxy) is 1. The largest absolute Gasteiger partial charge is 0.491 e. The van der Waals surface area contributed by atoms with Gasteiger partial charge in [0.1, 0.15) is 12.4 Å². The molecule has 20 heavy (non-hydrogen) atoms. The van der Waals surface area contributed by atoms with E-state index in [1.54, 1.807) is 36.4 Å². The van der Waals surface area contributed by atoms with Gasteiger partial charge in [0.25, 0.3) is 0 Å². The number of rotatable bonds is 5. The lowest BCUT2D eigenvalue weighted by Crippen LogP contribution is -2.20. The molecule has 0 amide bonds. The molecule has 0 saturated heterocycles. The van der Waals surface area contributed by atoms with Crippen LogP contribution in [-0.4, -0.2) is 17.8 Å². The summed E-state index contributed by atoms with van der Waals surface area (Å²) in [4.78, 5) is 0. The predicted molar refractivity (Wildman–Crippen MR) is 83.1 cm³/mol. The molecule has 1 atom stereocenters. The van der Waals surface area contributed by atoms with Gasteiger partial charge in [-0.05, 0) is 35.9 Å². The first-order valence-electron chi connectivity index (χ1n) is 6.05. The zero-order valence-electron chi connectivity index (χ0n) is 10.5. The van der Waals surface area contributed by atoms with Crippen molar-refractivity contribution in [1.82, 2.24) is 0 Å². The minimum absolute atomic E-state index is 0.171. The van der Waals surface area contributed by atoms with Crippen LogP contribution >= 0.6 is 34.8 Å². The Morgan fingerprint density at radius 3 is 2.40 bits per heavy atom. The Morgan fingerprint density at radius 2 is 1.70 bits per heavy atom. The van der Waals surface area contributed by atoms with Crippen LogP contribution in [0.5, 0.6) is 5.75 Å². The minimum Gasteiger partial charge on any atom is -0.491 e. The molecule has 0 saturated carbocycles. The molecule has 5 heteroatoms. The number of aliphatic hydroxyl groups is 1. The van der Waals surface area contributed by atoms with E-state index >= 15 is 0 Å². The van der Waals surface area contributed by atoms with Crippen molar-refractivity contribution < 1.29 is 9.84 Å². The highest BCUT2D eigenvalue weighted by Gasteiger charge is 2.11. The van der Waals surface area contributed by atoms with Crippen LogP contribution in [-0.2, 0) is 6.42 Å². The molecule has 0 radical (unpaired) electrons. The molecule has 2 rings (SSSR count). The van der Waals surface area contributed by atoms with Crippen LogP contribution in [0.2, 0.25) is 15.1 Å². The highest BCUT2D eigenvalue weighted by atomic mass is 35.5. The van der Waals surface area contributed by atoms with Crippen molar-refractivity contribution in [2.24, 2.45) is 0 Å². The number of hydrogen-bond acceptors (Lipinski definition) is 2. The first-order valence-corrected chi connectivity index (χ1v) is 7.19. The molecule has 0 aliphatic carbocycles. The highest BCUT2D eigenvalue weighted by Crippen LogP contribution is 2.26. The highest BCUT2D eigenvalue weighted by molar-refractivity contribution is 6.42. The van der Waals surface area contributed by atoms with E-state index in [0.717, 1.165) is 5.56 Å². The average molecular weight is 332 g/mol. The number of benzene rings is 2. The first kappa shape index (κ1) is 15.5. The molecule has 106 valence electrons. The van der Waals surface area contributed by atoms with Crippen LogP contribution in [0, 0.1) is 0 Å². The fourth-order valence-electron chi connectivity index (χ4n) is 1.74. The van der Waals surface area contributed by atoms with E-state index in [9.17, 15) is 5.11 Å². The first-order chi connectivity index (χ1) is 9.56. The predicted octanol–water partition coefficient (Wildman–Crippen LogP) is 4.63. The minimum atomic E-state index is -0.665. The number of hydrogen-bond donors (Lipinski definition) is 1. The van der Waals surface area contributed by atoms with E-state index in [2.05, 4.69) is 0 Å². The smallest absolute Gasteiger partial charge is 0.119 e. The van der Waals surface area contributed by atoms with Gasteiger partial charge in [0, 0.05) is 11.4 Å². The van der Waals surface area contributed by atoms with Crippen LogP contribution in [0.15, 0.2) is 42.5 Å². The monoisotopic (exact) mass is 330 g/mol. The van der Waals surface area contributed by atoms with Crippen molar-refractivity contribution in [2.45, 2.75) is 12.5 Å². The van der Waals surface area contributed by atoms with Gasteiger partial charge in [0.2, 0.25) is 0 Å². The summed E-state index contributed by atoms with van der Waals surface area (Å²) in [6.07, 6.45) is -0.283. The van der Waals surface area contributed by atoms with Crippen LogP contribution in [0.3, 0.4) is 0 Å². The van der Waals surface area contributed by atoms with Crippen molar-refractivity contribution >= 4 is 34.8 Å². The molecule has 2 nitrogen and oxygen atoms in total. The molecule has 0 aliphatic heterocycles. The van der Waals surface area contributed by atoms with E-state index < -0.39 is 6.10 Å². The van der Waals surface area contributed by atoms with E-state index in [1.165, 1.54) is 0 Å². The summed E-state index contributed by atoms with van der Waals surface area (Å²) >= 11 is 17.8. The van der Waals surface area contributed by atoms with Crippen LogP contribution in [0.1, 0.15) is 5.56 Å². The van der Waals surface area contributed by atoms with Gasteiger partial charge in [0.15, 0.2) is 0 Å². The summed E-state index contributed by atoms with van der Waals surface area (Å²) in [5.74, 6) is 0.658. The van der Waals surface area contributed by atoms with Gasteiger partial charge in [-0.3, -0.25) is 0 Å². The third kappa shape index (κ3) is 4.29. The summed E-state index contributed by atoms with van der Waals surface area (Å²) in [5, 5.41) is 11.6. The molecule has 2 aromatic carbocycles. The molecule has 2 aromatic rings. The van der Waals surface area contributed by atoms with Gasteiger partial charge >= 0.3 is 0 Å². The Hall–Kier alpha value is -0.930. The molecule has 0 aromatic heterocycles. The Labute approximate surface area is 132 Å². The topological polar surface area (TPSA) is 29.5 Å². The molecule has 0 spiro atoms. The van der Waals surface area contributed by atoms with Gasteiger partial charge in [-0.25, -0.2) is 0 Å². The average Bonchev–Trinajstić information content (AvgIpc) is 2.43. The quantitative estimate of drug-likeness (QED) is 0.865. The lowest BCUT2D eigenvalue weighted by molar-refractivity contribution is 0.108. The maximum atomic E-state index is 9.98. The standard InChI is InChI=1S/C15H13Cl3O2/c16-11-4-6-13(7-5-11)20-9-12(19)8-10-2-1-3-14(17)15(10)18/h1-7,12,19H,8-9H2. The second-order valence-corrected chi connectivity index (χ2v) is 5.56. The van der Waals surface area contributed by atoms with Crippen LogP contribution in [0.25, 0.3) is 0 Å². The third-order valence-corrected chi connectivity index (χ3v) is 3.85. The summed E-state index contributed by atoms with van der Waals surface area (Å²) in [6, 6.07) is 12.3. The van der Waals surface area contributed by atoms with E-state index in [4.69, 9.17) is 39.5 Å². The lowest BCUT2D eigenvalue weighted by Gasteiger charge is -2.13. The van der Waals surface area contributed by atoms with Crippen molar-refractivity contribution in [2.75, 3.05) is 6.61 Å². The van der Waals surface area contributed by atoms with Crippen molar-refractivity contribution in [3.8, 4) is 5.75 Å². The fourth-order valence-corrected chi connectivity index (χ4v) is 2.27. The maximum absolute atomic E-state index is 9.98. The van der Waals surface area contributed by atoms with Crippen LogP contribution < -0.4 is 4.74 Å². The molecule has 0 bridgehead atoms. The molecule has 0 fully saturated rings. The second-order valence-electron chi connectivity index (χ2n) is 4.34. The van der Waals surface area contributed by atoms with Gasteiger partial charge in [0.05, 0.1) is 16.1 Å². The van der Waals surface area contributed by atoms with Gasteiger partial charge in [-0.1, -0.05) is 46.9 Å². The Bertz CT molecular complexity index is 570. The maximum Gasteiger partial charge on any atom is 0.119 e. The summed E-state index contributed by atoms with van der Waals surface area (Å²) in [5.41, 5.74) is 0.798. The SMILES string of the molecule is OC(COc1ccc(Cl)cc1)Cc1cccc(Cl)c1Cl. The molecule has 1 N–H and O–H groups in total. The lowest BCUT2D eigenvalue weighted by atomic mass is 10.1. The number of aliphatic hydroxyl groups excluding tert-OH is 1. The Balaban J connectivity index is 1.91. The van der Waals surface area contributed by atoms with E-state index in [-0.39, 0.29) is 6.61 Å². The summed E-state index contributed by atoms with van der Waals surface area (Å²) < 4.78 is 5.48.